The standard InChI is InChI=1S/C18H27N3O4/c1-13-10-19(12-15-6-8-16(9-7-15)21(23)24)11-14(2)20(13)17(22)25-18(3,4)5/h6-9,13-14H,10-12H2,1-5H3/t13-,14?/m0/s1. The highest BCUT2D eigenvalue weighted by atomic mass is 16.6. The molecule has 1 heterocycles. The number of nitro benzene ring substituents is 1. The van der Waals surface area contributed by atoms with E-state index in [0.717, 1.165) is 18.7 Å². The molecular formula is C18H27N3O4. The van der Waals surface area contributed by atoms with Gasteiger partial charge in [-0.25, -0.2) is 4.79 Å². The first-order valence-electron chi connectivity index (χ1n) is 8.54. The molecule has 1 amide bonds. The van der Waals surface area contributed by atoms with Gasteiger partial charge in [0.15, 0.2) is 0 Å². The Morgan fingerprint density at radius 2 is 1.72 bits per heavy atom. The van der Waals surface area contributed by atoms with E-state index in [1.54, 1.807) is 17.0 Å². The first kappa shape index (κ1) is 19.2. The average Bonchev–Trinajstić information content (AvgIpc) is 2.45. The number of benzene rings is 1. The van der Waals surface area contributed by atoms with Crippen LogP contribution in [0.25, 0.3) is 0 Å². The van der Waals surface area contributed by atoms with Crippen molar-refractivity contribution in [1.82, 2.24) is 9.80 Å². The maximum absolute atomic E-state index is 12.4. The number of ether oxygens (including phenoxy) is 1. The molecule has 1 fully saturated rings. The molecule has 2 atom stereocenters. The SMILES string of the molecule is CC1CN(Cc2ccc([N+](=O)[O-])cc2)C[C@H](C)N1C(=O)OC(C)(C)C. The smallest absolute Gasteiger partial charge is 0.410 e. The zero-order valence-electron chi connectivity index (χ0n) is 15.6. The fraction of sp³-hybridized carbons (Fsp3) is 0.611. The number of carbonyl (C=O) groups is 1. The lowest BCUT2D eigenvalue weighted by Crippen LogP contribution is -2.59. The Hall–Kier alpha value is -2.15. The van der Waals surface area contributed by atoms with Gasteiger partial charge in [-0.1, -0.05) is 12.1 Å². The summed E-state index contributed by atoms with van der Waals surface area (Å²) in [6.07, 6.45) is -0.275. The topological polar surface area (TPSA) is 75.9 Å². The first-order chi connectivity index (χ1) is 11.6. The molecule has 7 heteroatoms. The molecule has 2 rings (SSSR count). The van der Waals surface area contributed by atoms with Crippen molar-refractivity contribution < 1.29 is 14.5 Å². The molecule has 0 spiro atoms. The lowest BCUT2D eigenvalue weighted by molar-refractivity contribution is -0.384. The molecular weight excluding hydrogens is 322 g/mol. The summed E-state index contributed by atoms with van der Waals surface area (Å²) in [6.45, 7) is 11.8. The van der Waals surface area contributed by atoms with Crippen LogP contribution in [-0.2, 0) is 11.3 Å². The summed E-state index contributed by atoms with van der Waals surface area (Å²) in [5.41, 5.74) is 0.614. The molecule has 0 saturated carbocycles. The van der Waals surface area contributed by atoms with Crippen molar-refractivity contribution >= 4 is 11.8 Å². The van der Waals surface area contributed by atoms with Crippen LogP contribution >= 0.6 is 0 Å². The molecule has 1 aromatic rings. The van der Waals surface area contributed by atoms with Crippen LogP contribution in [0.5, 0.6) is 0 Å². The Morgan fingerprint density at radius 1 is 1.20 bits per heavy atom. The van der Waals surface area contributed by atoms with Gasteiger partial charge in [0.25, 0.3) is 5.69 Å². The molecule has 1 unspecified atom stereocenters. The number of piperazine rings is 1. The minimum absolute atomic E-state index is 0.0386. The van der Waals surface area contributed by atoms with Crippen molar-refractivity contribution in [2.24, 2.45) is 0 Å². The second-order valence-corrected chi connectivity index (χ2v) is 7.70. The molecule has 0 radical (unpaired) electrons. The number of amides is 1. The predicted octanol–water partition coefficient (Wildman–Crippen LogP) is 3.42. The van der Waals surface area contributed by atoms with E-state index in [4.69, 9.17) is 4.74 Å². The summed E-state index contributed by atoms with van der Waals surface area (Å²) in [6, 6.07) is 6.70. The van der Waals surface area contributed by atoms with E-state index in [1.807, 2.05) is 34.6 Å². The van der Waals surface area contributed by atoms with Crippen molar-refractivity contribution in [1.29, 1.82) is 0 Å². The number of carbonyl (C=O) groups excluding carboxylic acids is 1. The Morgan fingerprint density at radius 3 is 2.16 bits per heavy atom. The van der Waals surface area contributed by atoms with Gasteiger partial charge < -0.3 is 9.64 Å². The minimum Gasteiger partial charge on any atom is -0.444 e. The van der Waals surface area contributed by atoms with E-state index < -0.39 is 10.5 Å². The zero-order valence-corrected chi connectivity index (χ0v) is 15.6. The lowest BCUT2D eigenvalue weighted by Gasteiger charge is -2.44. The number of nitrogens with zero attached hydrogens (tertiary/aromatic N) is 3. The van der Waals surface area contributed by atoms with E-state index in [9.17, 15) is 14.9 Å². The van der Waals surface area contributed by atoms with E-state index in [-0.39, 0.29) is 23.9 Å². The normalized spacial score (nSPS) is 21.9. The van der Waals surface area contributed by atoms with Gasteiger partial charge in [-0.2, -0.15) is 0 Å². The van der Waals surface area contributed by atoms with E-state index in [0.29, 0.717) is 6.54 Å². The van der Waals surface area contributed by atoms with Crippen LogP contribution in [0.1, 0.15) is 40.2 Å². The molecule has 138 valence electrons. The molecule has 7 nitrogen and oxygen atoms in total. The average molecular weight is 349 g/mol. The number of non-ortho nitro benzene ring substituents is 1. The minimum atomic E-state index is -0.508. The fourth-order valence-corrected chi connectivity index (χ4v) is 3.22. The van der Waals surface area contributed by atoms with Crippen LogP contribution in [0.2, 0.25) is 0 Å². The van der Waals surface area contributed by atoms with Crippen LogP contribution in [0.4, 0.5) is 10.5 Å². The molecule has 1 aliphatic heterocycles. The summed E-state index contributed by atoms with van der Waals surface area (Å²) in [7, 11) is 0. The summed E-state index contributed by atoms with van der Waals surface area (Å²) < 4.78 is 5.51. The van der Waals surface area contributed by atoms with Gasteiger partial charge in [-0.05, 0) is 40.2 Å². The van der Waals surface area contributed by atoms with Crippen molar-refractivity contribution in [3.8, 4) is 0 Å². The maximum Gasteiger partial charge on any atom is 0.410 e. The summed E-state index contributed by atoms with van der Waals surface area (Å²) in [4.78, 5) is 26.8. The third kappa shape index (κ3) is 5.16. The molecule has 25 heavy (non-hydrogen) atoms. The van der Waals surface area contributed by atoms with Gasteiger partial charge in [0.05, 0.1) is 4.92 Å². The van der Waals surface area contributed by atoms with E-state index in [1.165, 1.54) is 12.1 Å². The summed E-state index contributed by atoms with van der Waals surface area (Å²) in [5, 5.41) is 10.7. The Bertz CT molecular complexity index is 612. The van der Waals surface area contributed by atoms with Crippen LogP contribution in [0, 0.1) is 10.1 Å². The molecule has 1 aromatic carbocycles. The Kier molecular flexibility index (Phi) is 5.67. The third-order valence-electron chi connectivity index (χ3n) is 4.15. The second-order valence-electron chi connectivity index (χ2n) is 7.70. The largest absolute Gasteiger partial charge is 0.444 e. The van der Waals surface area contributed by atoms with Crippen LogP contribution in [0.15, 0.2) is 24.3 Å². The molecule has 0 aliphatic carbocycles. The van der Waals surface area contributed by atoms with Gasteiger partial charge in [-0.3, -0.25) is 15.0 Å². The molecule has 0 aromatic heterocycles. The fourth-order valence-electron chi connectivity index (χ4n) is 3.22. The van der Waals surface area contributed by atoms with Crippen LogP contribution in [0.3, 0.4) is 0 Å². The van der Waals surface area contributed by atoms with Crippen molar-refractivity contribution in [2.75, 3.05) is 13.1 Å². The van der Waals surface area contributed by atoms with Gasteiger partial charge in [0.1, 0.15) is 5.60 Å². The van der Waals surface area contributed by atoms with Crippen molar-refractivity contribution in [3.05, 3.63) is 39.9 Å². The lowest BCUT2D eigenvalue weighted by atomic mass is 10.1. The van der Waals surface area contributed by atoms with E-state index >= 15 is 0 Å². The number of rotatable bonds is 3. The van der Waals surface area contributed by atoms with Crippen molar-refractivity contribution in [2.45, 2.75) is 58.8 Å². The highest BCUT2D eigenvalue weighted by Crippen LogP contribution is 2.22. The number of hydrogen-bond acceptors (Lipinski definition) is 5. The predicted molar refractivity (Wildman–Crippen MR) is 95.4 cm³/mol. The number of nitro groups is 1. The summed E-state index contributed by atoms with van der Waals surface area (Å²) in [5.74, 6) is 0. The van der Waals surface area contributed by atoms with Crippen LogP contribution in [-0.4, -0.2) is 51.6 Å². The molecule has 1 saturated heterocycles. The van der Waals surface area contributed by atoms with E-state index in [2.05, 4.69) is 4.90 Å². The van der Waals surface area contributed by atoms with Crippen LogP contribution < -0.4 is 0 Å². The molecule has 0 N–H and O–H groups in total. The van der Waals surface area contributed by atoms with Gasteiger partial charge in [-0.15, -0.1) is 0 Å². The quantitative estimate of drug-likeness (QED) is 0.617. The highest BCUT2D eigenvalue weighted by molar-refractivity contribution is 5.69. The van der Waals surface area contributed by atoms with Crippen molar-refractivity contribution in [3.63, 3.8) is 0 Å². The Labute approximate surface area is 148 Å². The monoisotopic (exact) mass is 349 g/mol. The van der Waals surface area contributed by atoms with Gasteiger partial charge in [0.2, 0.25) is 0 Å². The maximum atomic E-state index is 12.4. The second kappa shape index (κ2) is 7.39. The summed E-state index contributed by atoms with van der Waals surface area (Å²) >= 11 is 0. The number of hydrogen-bond donors (Lipinski definition) is 0. The van der Waals surface area contributed by atoms with Gasteiger partial charge >= 0.3 is 6.09 Å². The molecule has 1 aliphatic rings. The first-order valence-corrected chi connectivity index (χ1v) is 8.54. The zero-order chi connectivity index (χ0) is 18.8. The highest BCUT2D eigenvalue weighted by Gasteiger charge is 2.35. The third-order valence-corrected chi connectivity index (χ3v) is 4.15. The molecule has 0 bridgehead atoms. The Balaban J connectivity index is 1.99. The van der Waals surface area contributed by atoms with Gasteiger partial charge in [0, 0.05) is 43.9 Å².